The van der Waals surface area contributed by atoms with Gasteiger partial charge in [-0.3, -0.25) is 4.79 Å². The summed E-state index contributed by atoms with van der Waals surface area (Å²) in [5.74, 6) is 0.592. The molecule has 0 aromatic rings. The van der Waals surface area contributed by atoms with Gasteiger partial charge in [0.1, 0.15) is 0 Å². The number of nitrogens with one attached hydrogen (secondary N) is 1. The van der Waals surface area contributed by atoms with Gasteiger partial charge in [0.15, 0.2) is 0 Å². The lowest BCUT2D eigenvalue weighted by Gasteiger charge is -2.25. The Bertz CT molecular complexity index is 361. The van der Waals surface area contributed by atoms with Crippen molar-refractivity contribution in [2.24, 2.45) is 11.3 Å². The summed E-state index contributed by atoms with van der Waals surface area (Å²) in [6.45, 7) is 13.8. The zero-order valence-electron chi connectivity index (χ0n) is 14.2. The van der Waals surface area contributed by atoms with E-state index in [1.807, 2.05) is 9.80 Å². The highest BCUT2D eigenvalue weighted by Crippen LogP contribution is 2.12. The summed E-state index contributed by atoms with van der Waals surface area (Å²) in [4.78, 5) is 28.0. The second-order valence-electron chi connectivity index (χ2n) is 7.54. The number of nitrogens with zero attached hydrogens (tertiary/aromatic N) is 2. The standard InChI is InChI=1S/C16H31N3O2/c1-13(2)11-14(20)18-7-6-8-19(10-9-18)15(21)17-12-16(3,4)5/h13H,6-12H2,1-5H3,(H,17,21). The number of carbonyl (C=O) groups excluding carboxylic acids is 2. The molecule has 0 radical (unpaired) electrons. The molecule has 1 heterocycles. The molecule has 0 atom stereocenters. The second-order valence-corrected chi connectivity index (χ2v) is 7.54. The maximum atomic E-state index is 12.2. The van der Waals surface area contributed by atoms with E-state index in [0.29, 0.717) is 32.0 Å². The van der Waals surface area contributed by atoms with Crippen molar-refractivity contribution < 1.29 is 9.59 Å². The molecule has 1 aliphatic rings. The molecule has 21 heavy (non-hydrogen) atoms. The van der Waals surface area contributed by atoms with E-state index in [1.165, 1.54) is 0 Å². The van der Waals surface area contributed by atoms with Gasteiger partial charge in [-0.25, -0.2) is 4.79 Å². The van der Waals surface area contributed by atoms with Gasteiger partial charge < -0.3 is 15.1 Å². The van der Waals surface area contributed by atoms with E-state index < -0.39 is 0 Å². The minimum Gasteiger partial charge on any atom is -0.341 e. The van der Waals surface area contributed by atoms with E-state index in [0.717, 1.165) is 19.5 Å². The Morgan fingerprint density at radius 1 is 1.05 bits per heavy atom. The molecule has 0 saturated carbocycles. The van der Waals surface area contributed by atoms with Crippen LogP contribution in [-0.4, -0.2) is 54.5 Å². The van der Waals surface area contributed by atoms with Crippen LogP contribution in [0.5, 0.6) is 0 Å². The van der Waals surface area contributed by atoms with Crippen molar-refractivity contribution in [3.63, 3.8) is 0 Å². The van der Waals surface area contributed by atoms with Crippen molar-refractivity contribution in [2.45, 2.75) is 47.5 Å². The maximum Gasteiger partial charge on any atom is 0.317 e. The van der Waals surface area contributed by atoms with Gasteiger partial charge in [-0.2, -0.15) is 0 Å². The fourth-order valence-electron chi connectivity index (χ4n) is 2.30. The van der Waals surface area contributed by atoms with Gasteiger partial charge in [0.25, 0.3) is 0 Å². The largest absolute Gasteiger partial charge is 0.341 e. The topological polar surface area (TPSA) is 52.7 Å². The lowest BCUT2D eigenvalue weighted by molar-refractivity contribution is -0.131. The first kappa shape index (κ1) is 17.8. The summed E-state index contributed by atoms with van der Waals surface area (Å²) >= 11 is 0. The fraction of sp³-hybridized carbons (Fsp3) is 0.875. The summed E-state index contributed by atoms with van der Waals surface area (Å²) in [6.07, 6.45) is 1.45. The van der Waals surface area contributed by atoms with Crippen LogP contribution >= 0.6 is 0 Å². The van der Waals surface area contributed by atoms with Gasteiger partial charge in [-0.15, -0.1) is 0 Å². The van der Waals surface area contributed by atoms with Crippen LogP contribution in [0.2, 0.25) is 0 Å². The Kier molecular flexibility index (Phi) is 6.49. The van der Waals surface area contributed by atoms with Gasteiger partial charge in [0.05, 0.1) is 0 Å². The summed E-state index contributed by atoms with van der Waals surface area (Å²) in [7, 11) is 0. The molecule has 1 saturated heterocycles. The zero-order chi connectivity index (χ0) is 16.0. The van der Waals surface area contributed by atoms with Gasteiger partial charge in [0, 0.05) is 39.1 Å². The van der Waals surface area contributed by atoms with Crippen molar-refractivity contribution in [3.05, 3.63) is 0 Å². The average Bonchev–Trinajstić information content (AvgIpc) is 2.60. The van der Waals surface area contributed by atoms with E-state index in [1.54, 1.807) is 0 Å². The minimum absolute atomic E-state index is 0.0110. The van der Waals surface area contributed by atoms with Crippen LogP contribution in [0.4, 0.5) is 4.79 Å². The van der Waals surface area contributed by atoms with Crippen LogP contribution in [0.15, 0.2) is 0 Å². The first-order chi connectivity index (χ1) is 9.69. The van der Waals surface area contributed by atoms with Crippen LogP contribution in [0.25, 0.3) is 0 Å². The van der Waals surface area contributed by atoms with Gasteiger partial charge in [0.2, 0.25) is 5.91 Å². The molecule has 122 valence electrons. The van der Waals surface area contributed by atoms with Crippen molar-refractivity contribution in [2.75, 3.05) is 32.7 Å². The van der Waals surface area contributed by atoms with E-state index in [9.17, 15) is 9.59 Å². The molecule has 3 amide bonds. The van der Waals surface area contributed by atoms with Crippen molar-refractivity contribution in [3.8, 4) is 0 Å². The highest BCUT2D eigenvalue weighted by molar-refractivity contribution is 5.77. The quantitative estimate of drug-likeness (QED) is 0.869. The second kappa shape index (κ2) is 7.66. The Hall–Kier alpha value is -1.26. The normalized spacial score (nSPS) is 16.9. The number of hydrogen-bond donors (Lipinski definition) is 1. The van der Waals surface area contributed by atoms with E-state index in [4.69, 9.17) is 0 Å². The molecule has 0 spiro atoms. The number of carbonyl (C=O) groups is 2. The molecule has 0 aliphatic carbocycles. The highest BCUT2D eigenvalue weighted by Gasteiger charge is 2.23. The molecular formula is C16H31N3O2. The SMILES string of the molecule is CC(C)CC(=O)N1CCCN(C(=O)NCC(C)(C)C)CC1. The highest BCUT2D eigenvalue weighted by atomic mass is 16.2. The number of amides is 3. The van der Waals surface area contributed by atoms with Gasteiger partial charge in [-0.05, 0) is 17.8 Å². The van der Waals surface area contributed by atoms with E-state index in [2.05, 4.69) is 39.9 Å². The van der Waals surface area contributed by atoms with E-state index >= 15 is 0 Å². The predicted molar refractivity (Wildman–Crippen MR) is 85.1 cm³/mol. The van der Waals surface area contributed by atoms with Crippen LogP contribution < -0.4 is 5.32 Å². The number of urea groups is 1. The van der Waals surface area contributed by atoms with Crippen molar-refractivity contribution >= 4 is 11.9 Å². The first-order valence-corrected chi connectivity index (χ1v) is 7.99. The molecule has 1 aliphatic heterocycles. The Morgan fingerprint density at radius 2 is 1.62 bits per heavy atom. The molecule has 0 bridgehead atoms. The van der Waals surface area contributed by atoms with Crippen LogP contribution in [-0.2, 0) is 4.79 Å². The van der Waals surface area contributed by atoms with Crippen molar-refractivity contribution in [1.82, 2.24) is 15.1 Å². The molecule has 0 aromatic carbocycles. The molecule has 0 aromatic heterocycles. The molecule has 1 rings (SSSR count). The molecule has 1 fully saturated rings. The Morgan fingerprint density at radius 3 is 2.19 bits per heavy atom. The average molecular weight is 297 g/mol. The number of hydrogen-bond acceptors (Lipinski definition) is 2. The maximum absolute atomic E-state index is 12.2. The summed E-state index contributed by atoms with van der Waals surface area (Å²) in [6, 6.07) is -0.0110. The summed E-state index contributed by atoms with van der Waals surface area (Å²) in [5, 5.41) is 2.98. The third-order valence-electron chi connectivity index (χ3n) is 3.49. The van der Waals surface area contributed by atoms with Crippen LogP contribution in [0, 0.1) is 11.3 Å². The molecule has 5 nitrogen and oxygen atoms in total. The monoisotopic (exact) mass is 297 g/mol. The third kappa shape index (κ3) is 6.82. The smallest absolute Gasteiger partial charge is 0.317 e. The first-order valence-electron chi connectivity index (χ1n) is 7.99. The van der Waals surface area contributed by atoms with E-state index in [-0.39, 0.29) is 17.4 Å². The van der Waals surface area contributed by atoms with Gasteiger partial charge >= 0.3 is 6.03 Å². The lowest BCUT2D eigenvalue weighted by Crippen LogP contribution is -2.44. The Balaban J connectivity index is 2.45. The fourth-order valence-corrected chi connectivity index (χ4v) is 2.30. The third-order valence-corrected chi connectivity index (χ3v) is 3.49. The molecule has 0 unspecified atom stereocenters. The minimum atomic E-state index is -0.0110. The summed E-state index contributed by atoms with van der Waals surface area (Å²) in [5.41, 5.74) is 0.0841. The summed E-state index contributed by atoms with van der Waals surface area (Å²) < 4.78 is 0. The lowest BCUT2D eigenvalue weighted by atomic mass is 9.97. The molecule has 5 heteroatoms. The van der Waals surface area contributed by atoms with Crippen molar-refractivity contribution in [1.29, 1.82) is 0 Å². The molecular weight excluding hydrogens is 266 g/mol. The van der Waals surface area contributed by atoms with Crippen LogP contribution in [0.3, 0.4) is 0 Å². The molecule has 1 N–H and O–H groups in total. The number of rotatable bonds is 3. The zero-order valence-corrected chi connectivity index (χ0v) is 14.2. The Labute approximate surface area is 129 Å². The van der Waals surface area contributed by atoms with Gasteiger partial charge in [-0.1, -0.05) is 34.6 Å². The van der Waals surface area contributed by atoms with Crippen LogP contribution in [0.1, 0.15) is 47.5 Å². The predicted octanol–water partition coefficient (Wildman–Crippen LogP) is 2.32.